The number of hydrogen-bond acceptors (Lipinski definition) is 8. The van der Waals surface area contributed by atoms with Crippen LogP contribution in [0.25, 0.3) is 0 Å². The Kier molecular flexibility index (Phi) is 6.36. The summed E-state index contributed by atoms with van der Waals surface area (Å²) in [6.07, 6.45) is 3.14. The Morgan fingerprint density at radius 3 is 2.73 bits per heavy atom. The van der Waals surface area contributed by atoms with Gasteiger partial charge in [-0.25, -0.2) is 18.7 Å². The van der Waals surface area contributed by atoms with E-state index < -0.39 is 17.8 Å². The predicted molar refractivity (Wildman–Crippen MR) is 136 cm³/mol. The number of carbonyl (C=O) groups is 1. The molecule has 192 valence electrons. The van der Waals surface area contributed by atoms with E-state index in [1.165, 1.54) is 37.7 Å². The van der Waals surface area contributed by atoms with Crippen molar-refractivity contribution in [3.63, 3.8) is 0 Å². The summed E-state index contributed by atoms with van der Waals surface area (Å²) in [5.74, 6) is -0.905. The first kappa shape index (κ1) is 24.4. The van der Waals surface area contributed by atoms with Gasteiger partial charge in [-0.2, -0.15) is 0 Å². The fourth-order valence-corrected chi connectivity index (χ4v) is 4.65. The summed E-state index contributed by atoms with van der Waals surface area (Å²) in [4.78, 5) is 23.5. The Bertz CT molecular complexity index is 1380. The van der Waals surface area contributed by atoms with Crippen molar-refractivity contribution < 1.29 is 18.3 Å². The van der Waals surface area contributed by atoms with Crippen LogP contribution >= 0.6 is 0 Å². The van der Waals surface area contributed by atoms with E-state index >= 15 is 0 Å². The third-order valence-corrected chi connectivity index (χ3v) is 6.70. The number of nitrogens with one attached hydrogen (secondary N) is 3. The molecule has 1 aliphatic heterocycles. The highest BCUT2D eigenvalue weighted by Gasteiger charge is 2.44. The molecule has 2 atom stereocenters. The zero-order valence-corrected chi connectivity index (χ0v) is 20.4. The number of rotatable bonds is 8. The van der Waals surface area contributed by atoms with Crippen LogP contribution in [-0.2, 0) is 0 Å². The Labute approximate surface area is 212 Å². The van der Waals surface area contributed by atoms with Gasteiger partial charge in [-0.3, -0.25) is 10.2 Å². The van der Waals surface area contributed by atoms with E-state index in [0.717, 1.165) is 12.8 Å². The minimum Gasteiger partial charge on any atom is -0.494 e. The van der Waals surface area contributed by atoms with Gasteiger partial charge in [-0.1, -0.05) is 6.92 Å². The lowest BCUT2D eigenvalue weighted by Crippen LogP contribution is -2.57. The van der Waals surface area contributed by atoms with E-state index in [9.17, 15) is 13.6 Å². The minimum absolute atomic E-state index is 0.0489. The molecule has 0 bridgehead atoms. The molecule has 1 amide bonds. The molecule has 0 saturated heterocycles. The summed E-state index contributed by atoms with van der Waals surface area (Å²) in [7, 11) is 1.36. The van der Waals surface area contributed by atoms with Crippen molar-refractivity contribution >= 4 is 28.9 Å². The predicted octanol–water partition coefficient (Wildman–Crippen LogP) is 4.01. The first-order valence-corrected chi connectivity index (χ1v) is 12.0. The largest absolute Gasteiger partial charge is 0.494 e. The summed E-state index contributed by atoms with van der Waals surface area (Å²) in [5.41, 5.74) is 7.45. The molecular weight excluding hydrogens is 480 g/mol. The average Bonchev–Trinajstić information content (AvgIpc) is 3.72. The number of halogens is 2. The molecule has 11 heteroatoms. The topological polar surface area (TPSA) is 129 Å². The molecule has 1 fully saturated rings. The van der Waals surface area contributed by atoms with Crippen molar-refractivity contribution in [3.05, 3.63) is 71.1 Å². The summed E-state index contributed by atoms with van der Waals surface area (Å²) >= 11 is 0. The Balaban J connectivity index is 1.49. The lowest BCUT2D eigenvalue weighted by molar-refractivity contribution is 0.0646. The second-order valence-corrected chi connectivity index (χ2v) is 9.09. The molecule has 9 nitrogen and oxygen atoms in total. The SMILES string of the molecule is CCC(Nc1ncnc(N)c1C(=N)c1ccc(OC)c(F)c1)C1Nc2ccc(F)cc2C(=O)N1C1CC1. The van der Waals surface area contributed by atoms with Crippen molar-refractivity contribution in [3.8, 4) is 5.75 Å². The van der Waals surface area contributed by atoms with Crippen LogP contribution in [0.3, 0.4) is 0 Å². The molecule has 0 spiro atoms. The van der Waals surface area contributed by atoms with E-state index in [0.29, 0.717) is 17.7 Å². The number of ether oxygens (including phenoxy) is 1. The summed E-state index contributed by atoms with van der Waals surface area (Å²) < 4.78 is 33.2. The Morgan fingerprint density at radius 1 is 1.27 bits per heavy atom. The average molecular weight is 508 g/mol. The van der Waals surface area contributed by atoms with Gasteiger partial charge in [0.05, 0.1) is 30.0 Å². The van der Waals surface area contributed by atoms with Crippen molar-refractivity contribution in [2.45, 2.75) is 44.4 Å². The number of nitrogens with two attached hydrogens (primary N) is 1. The highest BCUT2D eigenvalue weighted by molar-refractivity contribution is 6.16. The highest BCUT2D eigenvalue weighted by Crippen LogP contribution is 2.37. The molecular formula is C26H27F2N7O2. The molecule has 1 aliphatic carbocycles. The van der Waals surface area contributed by atoms with Gasteiger partial charge < -0.3 is 26.0 Å². The smallest absolute Gasteiger partial charge is 0.258 e. The number of carbonyl (C=O) groups excluding carboxylic acids is 1. The molecule has 37 heavy (non-hydrogen) atoms. The van der Waals surface area contributed by atoms with E-state index in [-0.39, 0.29) is 52.2 Å². The van der Waals surface area contributed by atoms with Crippen LogP contribution in [0, 0.1) is 17.0 Å². The lowest BCUT2D eigenvalue weighted by atomic mass is 10.0. The van der Waals surface area contributed by atoms with Gasteiger partial charge in [0.2, 0.25) is 0 Å². The molecule has 0 radical (unpaired) electrons. The van der Waals surface area contributed by atoms with Crippen LogP contribution in [0.5, 0.6) is 5.75 Å². The van der Waals surface area contributed by atoms with Crippen LogP contribution in [0.4, 0.5) is 26.1 Å². The van der Waals surface area contributed by atoms with Gasteiger partial charge in [-0.15, -0.1) is 0 Å². The van der Waals surface area contributed by atoms with Crippen molar-refractivity contribution in [2.24, 2.45) is 0 Å². The van der Waals surface area contributed by atoms with Gasteiger partial charge in [0, 0.05) is 17.3 Å². The minimum atomic E-state index is -0.610. The van der Waals surface area contributed by atoms with Crippen LogP contribution in [0.2, 0.25) is 0 Å². The number of nitrogen functional groups attached to an aromatic ring is 1. The zero-order chi connectivity index (χ0) is 26.3. The first-order chi connectivity index (χ1) is 17.8. The van der Waals surface area contributed by atoms with Crippen LogP contribution < -0.4 is 21.1 Å². The molecule has 2 unspecified atom stereocenters. The normalized spacial score (nSPS) is 17.6. The van der Waals surface area contributed by atoms with E-state index in [2.05, 4.69) is 20.6 Å². The van der Waals surface area contributed by atoms with Gasteiger partial charge >= 0.3 is 0 Å². The monoisotopic (exact) mass is 507 g/mol. The van der Waals surface area contributed by atoms with Crippen molar-refractivity contribution in [2.75, 3.05) is 23.5 Å². The lowest BCUT2D eigenvalue weighted by Gasteiger charge is -2.42. The second kappa shape index (κ2) is 9.64. The number of fused-ring (bicyclic) bond motifs is 1. The van der Waals surface area contributed by atoms with Crippen LogP contribution in [-0.4, -0.2) is 51.8 Å². The highest BCUT2D eigenvalue weighted by atomic mass is 19.1. The summed E-state index contributed by atoms with van der Waals surface area (Å²) in [6, 6.07) is 8.02. The molecule has 5 N–H and O–H groups in total. The molecule has 1 saturated carbocycles. The summed E-state index contributed by atoms with van der Waals surface area (Å²) in [5, 5.41) is 15.5. The number of anilines is 3. The number of amides is 1. The Hall–Kier alpha value is -4.28. The van der Waals surface area contributed by atoms with Gasteiger partial charge in [0.15, 0.2) is 11.6 Å². The number of nitrogens with zero attached hydrogens (tertiary/aromatic N) is 3. The van der Waals surface area contributed by atoms with Crippen molar-refractivity contribution in [1.29, 1.82) is 5.41 Å². The molecule has 1 aromatic heterocycles. The molecule has 5 rings (SSSR count). The quantitative estimate of drug-likeness (QED) is 0.339. The first-order valence-electron chi connectivity index (χ1n) is 12.0. The molecule has 2 heterocycles. The molecule has 2 aromatic carbocycles. The van der Waals surface area contributed by atoms with Gasteiger partial charge in [0.25, 0.3) is 5.91 Å². The van der Waals surface area contributed by atoms with Crippen LogP contribution in [0.15, 0.2) is 42.7 Å². The molecule has 2 aliphatic rings. The maximum Gasteiger partial charge on any atom is 0.258 e. The van der Waals surface area contributed by atoms with E-state index in [4.69, 9.17) is 15.9 Å². The fraction of sp³-hybridized carbons (Fsp3) is 0.308. The number of aromatic nitrogens is 2. The summed E-state index contributed by atoms with van der Waals surface area (Å²) in [6.45, 7) is 1.96. The molecule has 3 aromatic rings. The number of benzene rings is 2. The Morgan fingerprint density at radius 2 is 2.05 bits per heavy atom. The van der Waals surface area contributed by atoms with Gasteiger partial charge in [0.1, 0.15) is 29.9 Å². The van der Waals surface area contributed by atoms with E-state index in [1.54, 1.807) is 17.0 Å². The van der Waals surface area contributed by atoms with Gasteiger partial charge in [-0.05, 0) is 55.7 Å². The third kappa shape index (κ3) is 4.52. The van der Waals surface area contributed by atoms with E-state index in [1.807, 2.05) is 6.92 Å². The number of hydrogen-bond donors (Lipinski definition) is 4. The standard InChI is InChI=1S/C26H27F2N7O2/c1-3-18(25-34-19-8-5-14(27)11-16(19)26(36)35(25)15-6-7-15)33-24-21(23(30)31-12-32-24)22(29)13-4-9-20(37-2)17(28)10-13/h4-5,8-12,15,18,25,29,34H,3,6-7H2,1-2H3,(H3,30,31,32,33). The van der Waals surface area contributed by atoms with Crippen LogP contribution in [0.1, 0.15) is 47.7 Å². The second-order valence-electron chi connectivity index (χ2n) is 9.09. The zero-order valence-electron chi connectivity index (χ0n) is 20.4. The maximum absolute atomic E-state index is 14.4. The third-order valence-electron chi connectivity index (χ3n) is 6.70. The maximum atomic E-state index is 14.4. The van der Waals surface area contributed by atoms with Crippen molar-refractivity contribution in [1.82, 2.24) is 14.9 Å². The number of methoxy groups -OCH3 is 1. The fourth-order valence-electron chi connectivity index (χ4n) is 4.65.